The lowest BCUT2D eigenvalue weighted by atomic mass is 10.0. The zero-order valence-corrected chi connectivity index (χ0v) is 19.5. The molecule has 168 valence electrons. The molecular formula is C27H18Cl2N2O3. The van der Waals surface area contributed by atoms with E-state index in [4.69, 9.17) is 32.7 Å². The molecule has 0 aliphatic carbocycles. The van der Waals surface area contributed by atoms with Crippen LogP contribution in [0.15, 0.2) is 85.1 Å². The van der Waals surface area contributed by atoms with Crippen molar-refractivity contribution in [1.29, 1.82) is 0 Å². The highest BCUT2D eigenvalue weighted by Gasteiger charge is 2.18. The molecule has 0 saturated heterocycles. The minimum absolute atomic E-state index is 0.501. The monoisotopic (exact) mass is 488 g/mol. The first-order valence-electron chi connectivity index (χ1n) is 10.4. The largest absolute Gasteiger partial charge is 0.497 e. The maximum Gasteiger partial charge on any atom is 0.173 e. The van der Waals surface area contributed by atoms with Crippen molar-refractivity contribution >= 4 is 40.3 Å². The molecule has 5 nitrogen and oxygen atoms in total. The van der Waals surface area contributed by atoms with E-state index in [-0.39, 0.29) is 0 Å². The number of aldehydes is 1. The van der Waals surface area contributed by atoms with Gasteiger partial charge < -0.3 is 9.47 Å². The van der Waals surface area contributed by atoms with Gasteiger partial charge in [0.2, 0.25) is 0 Å². The van der Waals surface area contributed by atoms with Crippen molar-refractivity contribution in [2.45, 2.75) is 0 Å². The normalized spacial score (nSPS) is 10.9. The number of hydrogen-bond donors (Lipinski definition) is 0. The summed E-state index contributed by atoms with van der Waals surface area (Å²) in [4.78, 5) is 11.0. The van der Waals surface area contributed by atoms with Gasteiger partial charge in [0.05, 0.1) is 19.0 Å². The summed E-state index contributed by atoms with van der Waals surface area (Å²) < 4.78 is 13.3. The molecule has 0 amide bonds. The fourth-order valence-corrected chi connectivity index (χ4v) is 4.28. The second-order valence-electron chi connectivity index (χ2n) is 7.61. The third kappa shape index (κ3) is 4.36. The van der Waals surface area contributed by atoms with Crippen LogP contribution in [0.25, 0.3) is 27.7 Å². The summed E-state index contributed by atoms with van der Waals surface area (Å²) in [6, 6.07) is 24.2. The smallest absolute Gasteiger partial charge is 0.173 e. The predicted molar refractivity (Wildman–Crippen MR) is 135 cm³/mol. The van der Waals surface area contributed by atoms with Gasteiger partial charge >= 0.3 is 0 Å². The Morgan fingerprint density at radius 3 is 2.21 bits per heavy atom. The number of hydrogen-bond acceptors (Lipinski definition) is 4. The molecule has 4 aromatic carbocycles. The van der Waals surface area contributed by atoms with Gasteiger partial charge in [-0.25, -0.2) is 4.68 Å². The molecule has 7 heteroatoms. The van der Waals surface area contributed by atoms with E-state index in [2.05, 4.69) is 11.2 Å². The number of fused-ring (bicyclic) bond motifs is 1. The SMILES string of the molecule is COc1ccc2cc(-c3c(Oc4ccc(C=O)cc4)cnn3-c3cc(Cl)cc(Cl)c3)ccc2c1. The Kier molecular flexibility index (Phi) is 5.97. The fourth-order valence-electron chi connectivity index (χ4n) is 3.77. The molecule has 1 aromatic heterocycles. The number of nitrogens with zero attached hydrogens (tertiary/aromatic N) is 2. The van der Waals surface area contributed by atoms with Crippen molar-refractivity contribution in [2.75, 3.05) is 7.11 Å². The standard InChI is InChI=1S/C27H18Cl2N2O3/c1-33-25-9-6-18-10-20(5-4-19(18)11-25)27-26(34-24-7-2-17(16-32)3-8-24)15-30-31(27)23-13-21(28)12-22(29)14-23/h2-16H,1H3. The molecule has 0 bridgehead atoms. The Hall–Kier alpha value is -3.80. The second-order valence-corrected chi connectivity index (χ2v) is 8.49. The number of halogens is 2. The van der Waals surface area contributed by atoms with Crippen LogP contribution in [0.5, 0.6) is 17.2 Å². The first-order chi connectivity index (χ1) is 16.5. The van der Waals surface area contributed by atoms with Crippen molar-refractivity contribution < 1.29 is 14.3 Å². The van der Waals surface area contributed by atoms with E-state index in [1.54, 1.807) is 60.5 Å². The number of carbonyl (C=O) groups excluding carboxylic acids is 1. The molecule has 34 heavy (non-hydrogen) atoms. The van der Waals surface area contributed by atoms with Gasteiger partial charge in [-0.05, 0) is 71.4 Å². The molecule has 0 N–H and O–H groups in total. The summed E-state index contributed by atoms with van der Waals surface area (Å²) in [5.41, 5.74) is 2.90. The first kappa shape index (κ1) is 22.0. The third-order valence-electron chi connectivity index (χ3n) is 5.39. The Labute approximate surface area is 206 Å². The lowest BCUT2D eigenvalue weighted by Crippen LogP contribution is -2.00. The van der Waals surface area contributed by atoms with Crippen molar-refractivity contribution in [3.8, 4) is 34.2 Å². The summed E-state index contributed by atoms with van der Waals surface area (Å²) in [6.07, 6.45) is 2.44. The Balaban J connectivity index is 1.66. The Morgan fingerprint density at radius 2 is 1.50 bits per heavy atom. The van der Waals surface area contributed by atoms with Gasteiger partial charge in [0.25, 0.3) is 0 Å². The van der Waals surface area contributed by atoms with Crippen molar-refractivity contribution in [3.63, 3.8) is 0 Å². The van der Waals surface area contributed by atoms with E-state index < -0.39 is 0 Å². The van der Waals surface area contributed by atoms with Gasteiger partial charge in [-0.15, -0.1) is 0 Å². The van der Waals surface area contributed by atoms with E-state index >= 15 is 0 Å². The highest BCUT2D eigenvalue weighted by molar-refractivity contribution is 6.34. The van der Waals surface area contributed by atoms with Gasteiger partial charge in [-0.3, -0.25) is 4.79 Å². The molecule has 5 rings (SSSR count). The number of ether oxygens (including phenoxy) is 2. The third-order valence-corrected chi connectivity index (χ3v) is 5.83. The zero-order chi connectivity index (χ0) is 23.7. The van der Waals surface area contributed by atoms with E-state index in [1.807, 2.05) is 30.3 Å². The van der Waals surface area contributed by atoms with Gasteiger partial charge in [-0.2, -0.15) is 5.10 Å². The fraction of sp³-hybridized carbons (Fsp3) is 0.0370. The average molecular weight is 489 g/mol. The molecule has 0 fully saturated rings. The molecule has 0 aliphatic rings. The molecular weight excluding hydrogens is 471 g/mol. The maximum absolute atomic E-state index is 11.0. The molecule has 0 aliphatic heterocycles. The van der Waals surface area contributed by atoms with Gasteiger partial charge in [-0.1, -0.05) is 41.4 Å². The summed E-state index contributed by atoms with van der Waals surface area (Å²) >= 11 is 12.5. The Morgan fingerprint density at radius 1 is 0.824 bits per heavy atom. The van der Waals surface area contributed by atoms with Crippen molar-refractivity contribution in [1.82, 2.24) is 9.78 Å². The minimum Gasteiger partial charge on any atom is -0.497 e. The number of aromatic nitrogens is 2. The van der Waals surface area contributed by atoms with Crippen LogP contribution in [0, 0.1) is 0 Å². The summed E-state index contributed by atoms with van der Waals surface area (Å²) in [7, 11) is 1.65. The van der Waals surface area contributed by atoms with Crippen molar-refractivity contribution in [2.24, 2.45) is 0 Å². The van der Waals surface area contributed by atoms with Crippen molar-refractivity contribution in [3.05, 3.63) is 101 Å². The topological polar surface area (TPSA) is 53.4 Å². The lowest BCUT2D eigenvalue weighted by Gasteiger charge is -2.13. The summed E-state index contributed by atoms with van der Waals surface area (Å²) in [5, 5.41) is 7.67. The highest BCUT2D eigenvalue weighted by Crippen LogP contribution is 2.37. The maximum atomic E-state index is 11.0. The van der Waals surface area contributed by atoms with Crippen LogP contribution in [0.3, 0.4) is 0 Å². The minimum atomic E-state index is 0.501. The van der Waals surface area contributed by atoms with E-state index in [0.717, 1.165) is 34.1 Å². The van der Waals surface area contributed by atoms with E-state index in [0.29, 0.717) is 32.8 Å². The van der Waals surface area contributed by atoms with Crippen LogP contribution >= 0.6 is 23.2 Å². The number of rotatable bonds is 6. The molecule has 0 saturated carbocycles. The number of benzene rings is 4. The zero-order valence-electron chi connectivity index (χ0n) is 18.0. The quantitative estimate of drug-likeness (QED) is 0.230. The van der Waals surface area contributed by atoms with Crippen LogP contribution in [-0.2, 0) is 0 Å². The van der Waals surface area contributed by atoms with Gasteiger partial charge in [0.15, 0.2) is 5.75 Å². The van der Waals surface area contributed by atoms with E-state index in [9.17, 15) is 4.79 Å². The number of methoxy groups -OCH3 is 1. The molecule has 5 aromatic rings. The van der Waals surface area contributed by atoms with Crippen LogP contribution in [-0.4, -0.2) is 23.2 Å². The predicted octanol–water partition coefficient (Wildman–Crippen LogP) is 7.61. The van der Waals surface area contributed by atoms with Crippen LogP contribution < -0.4 is 9.47 Å². The molecule has 0 atom stereocenters. The lowest BCUT2D eigenvalue weighted by molar-refractivity contribution is 0.112. The highest BCUT2D eigenvalue weighted by atomic mass is 35.5. The van der Waals surface area contributed by atoms with Crippen LogP contribution in [0.4, 0.5) is 0 Å². The van der Waals surface area contributed by atoms with Gasteiger partial charge in [0, 0.05) is 21.2 Å². The summed E-state index contributed by atoms with van der Waals surface area (Å²) in [5.74, 6) is 1.92. The van der Waals surface area contributed by atoms with Gasteiger partial charge in [0.1, 0.15) is 23.5 Å². The molecule has 0 radical (unpaired) electrons. The second kappa shape index (κ2) is 9.21. The Bertz CT molecular complexity index is 1490. The number of carbonyl (C=O) groups is 1. The van der Waals surface area contributed by atoms with Crippen LogP contribution in [0.1, 0.15) is 10.4 Å². The summed E-state index contributed by atoms with van der Waals surface area (Å²) in [6.45, 7) is 0. The average Bonchev–Trinajstić information content (AvgIpc) is 3.26. The first-order valence-corrected chi connectivity index (χ1v) is 11.2. The molecule has 0 spiro atoms. The van der Waals surface area contributed by atoms with E-state index in [1.165, 1.54) is 0 Å². The molecule has 0 unspecified atom stereocenters. The molecule has 1 heterocycles. The van der Waals surface area contributed by atoms with Crippen LogP contribution in [0.2, 0.25) is 10.0 Å².